The average molecular weight is 344 g/mol. The van der Waals surface area contributed by atoms with E-state index in [0.717, 1.165) is 5.56 Å². The standard InChI is InChI=1S/C14H15Cl2N3O3/c1-21-6-2-5-17-13(20)14-19-18-12(22-14)7-9-3-4-10(15)8-11(9)16/h3-4,8H,2,5-7H2,1H3,(H,17,20). The second-order valence-corrected chi connectivity index (χ2v) is 5.36. The van der Waals surface area contributed by atoms with Gasteiger partial charge >= 0.3 is 11.8 Å². The van der Waals surface area contributed by atoms with Gasteiger partial charge in [0, 0.05) is 30.3 Å². The van der Waals surface area contributed by atoms with Crippen LogP contribution in [-0.2, 0) is 11.2 Å². The number of methoxy groups -OCH3 is 1. The third-order valence-corrected chi connectivity index (χ3v) is 3.42. The van der Waals surface area contributed by atoms with E-state index in [1.54, 1.807) is 25.3 Å². The second kappa shape index (κ2) is 8.12. The van der Waals surface area contributed by atoms with E-state index >= 15 is 0 Å². The van der Waals surface area contributed by atoms with Crippen molar-refractivity contribution in [3.8, 4) is 0 Å². The smallest absolute Gasteiger partial charge is 0.308 e. The van der Waals surface area contributed by atoms with E-state index in [9.17, 15) is 4.79 Å². The molecule has 0 unspecified atom stereocenters. The lowest BCUT2D eigenvalue weighted by atomic mass is 10.1. The number of hydrogen-bond acceptors (Lipinski definition) is 5. The van der Waals surface area contributed by atoms with Crippen LogP contribution >= 0.6 is 23.2 Å². The molecule has 0 atom stereocenters. The summed E-state index contributed by atoms with van der Waals surface area (Å²) in [6.45, 7) is 1.05. The van der Waals surface area contributed by atoms with Crippen molar-refractivity contribution in [1.82, 2.24) is 15.5 Å². The van der Waals surface area contributed by atoms with E-state index in [2.05, 4.69) is 15.5 Å². The van der Waals surface area contributed by atoms with E-state index in [1.165, 1.54) is 0 Å². The lowest BCUT2D eigenvalue weighted by molar-refractivity contribution is 0.0912. The molecule has 0 aliphatic heterocycles. The zero-order valence-corrected chi connectivity index (χ0v) is 13.4. The molecule has 6 nitrogen and oxygen atoms in total. The van der Waals surface area contributed by atoms with Crippen molar-refractivity contribution in [1.29, 1.82) is 0 Å². The van der Waals surface area contributed by atoms with E-state index in [0.29, 0.717) is 41.9 Å². The Hall–Kier alpha value is -1.63. The molecule has 1 heterocycles. The van der Waals surface area contributed by atoms with Crippen molar-refractivity contribution in [3.05, 3.63) is 45.6 Å². The molecule has 2 aromatic rings. The first-order valence-electron chi connectivity index (χ1n) is 6.63. The Morgan fingerprint density at radius 1 is 1.36 bits per heavy atom. The number of halogens is 2. The number of nitrogens with zero attached hydrogens (tertiary/aromatic N) is 2. The van der Waals surface area contributed by atoms with Crippen molar-refractivity contribution in [2.75, 3.05) is 20.3 Å². The zero-order chi connectivity index (χ0) is 15.9. The van der Waals surface area contributed by atoms with Gasteiger partial charge in [0.25, 0.3) is 0 Å². The molecule has 1 amide bonds. The lowest BCUT2D eigenvalue weighted by Crippen LogP contribution is -2.25. The Kier molecular flexibility index (Phi) is 6.18. The minimum atomic E-state index is -0.406. The predicted octanol–water partition coefficient (Wildman–Crippen LogP) is 2.73. The summed E-state index contributed by atoms with van der Waals surface area (Å²) in [5, 5.41) is 11.3. The third kappa shape index (κ3) is 4.69. The summed E-state index contributed by atoms with van der Waals surface area (Å²) in [6.07, 6.45) is 1.05. The van der Waals surface area contributed by atoms with Crippen molar-refractivity contribution >= 4 is 29.1 Å². The molecule has 8 heteroatoms. The summed E-state index contributed by atoms with van der Waals surface area (Å²) in [4.78, 5) is 11.8. The van der Waals surface area contributed by atoms with Gasteiger partial charge < -0.3 is 14.5 Å². The number of benzene rings is 1. The van der Waals surface area contributed by atoms with Crippen LogP contribution in [0.1, 0.15) is 28.6 Å². The zero-order valence-electron chi connectivity index (χ0n) is 11.9. The van der Waals surface area contributed by atoms with E-state index in [4.69, 9.17) is 32.4 Å². The van der Waals surface area contributed by atoms with Crippen molar-refractivity contribution < 1.29 is 13.9 Å². The number of nitrogens with one attached hydrogen (secondary N) is 1. The summed E-state index contributed by atoms with van der Waals surface area (Å²) < 4.78 is 10.2. The van der Waals surface area contributed by atoms with Crippen LogP contribution in [0.5, 0.6) is 0 Å². The molecule has 0 bridgehead atoms. The third-order valence-electron chi connectivity index (χ3n) is 2.83. The molecular weight excluding hydrogens is 329 g/mol. The minimum Gasteiger partial charge on any atom is -0.417 e. The maximum Gasteiger partial charge on any atom is 0.308 e. The van der Waals surface area contributed by atoms with Crippen LogP contribution in [0.2, 0.25) is 10.0 Å². The van der Waals surface area contributed by atoms with Gasteiger partial charge in [0.2, 0.25) is 5.89 Å². The van der Waals surface area contributed by atoms with Gasteiger partial charge in [0.15, 0.2) is 0 Å². The molecule has 0 saturated carbocycles. The number of carbonyl (C=O) groups excluding carboxylic acids is 1. The average Bonchev–Trinajstić information content (AvgIpc) is 2.95. The van der Waals surface area contributed by atoms with Gasteiger partial charge in [-0.25, -0.2) is 0 Å². The topological polar surface area (TPSA) is 77.2 Å². The van der Waals surface area contributed by atoms with Crippen LogP contribution in [0.15, 0.2) is 22.6 Å². The number of amides is 1. The summed E-state index contributed by atoms with van der Waals surface area (Å²) in [5.74, 6) is -0.166. The molecule has 0 spiro atoms. The molecule has 0 saturated heterocycles. The molecule has 0 aliphatic rings. The van der Waals surface area contributed by atoms with Crippen molar-refractivity contribution in [3.63, 3.8) is 0 Å². The summed E-state index contributed by atoms with van der Waals surface area (Å²) in [6, 6.07) is 5.14. The monoisotopic (exact) mass is 343 g/mol. The van der Waals surface area contributed by atoms with Gasteiger partial charge in [0.05, 0.1) is 6.42 Å². The number of rotatable bonds is 7. The molecule has 0 radical (unpaired) electrons. The number of hydrogen-bond donors (Lipinski definition) is 1. The SMILES string of the molecule is COCCCNC(=O)c1nnc(Cc2ccc(Cl)cc2Cl)o1. The van der Waals surface area contributed by atoms with E-state index in [1.807, 2.05) is 0 Å². The lowest BCUT2D eigenvalue weighted by Gasteiger charge is -2.02. The van der Waals surface area contributed by atoms with Crippen LogP contribution in [0, 0.1) is 0 Å². The van der Waals surface area contributed by atoms with Crippen LogP contribution in [0.4, 0.5) is 0 Å². The number of aromatic nitrogens is 2. The van der Waals surface area contributed by atoms with Gasteiger partial charge in [0.1, 0.15) is 0 Å². The first-order chi connectivity index (χ1) is 10.6. The molecule has 22 heavy (non-hydrogen) atoms. The van der Waals surface area contributed by atoms with Crippen LogP contribution < -0.4 is 5.32 Å². The van der Waals surface area contributed by atoms with Crippen LogP contribution in [-0.4, -0.2) is 36.4 Å². The fourth-order valence-corrected chi connectivity index (χ4v) is 2.21. The molecule has 1 N–H and O–H groups in total. The normalized spacial score (nSPS) is 10.7. The largest absolute Gasteiger partial charge is 0.417 e. The second-order valence-electron chi connectivity index (χ2n) is 4.52. The van der Waals surface area contributed by atoms with Crippen molar-refractivity contribution in [2.45, 2.75) is 12.8 Å². The van der Waals surface area contributed by atoms with Gasteiger partial charge in [-0.05, 0) is 24.1 Å². The number of carbonyl (C=O) groups is 1. The Morgan fingerprint density at radius 2 is 2.18 bits per heavy atom. The van der Waals surface area contributed by atoms with Gasteiger partial charge in [-0.3, -0.25) is 4.79 Å². The van der Waals surface area contributed by atoms with Crippen molar-refractivity contribution in [2.24, 2.45) is 0 Å². The maximum atomic E-state index is 11.8. The molecule has 0 fully saturated rings. The van der Waals surface area contributed by atoms with Gasteiger partial charge in [-0.1, -0.05) is 29.3 Å². The van der Waals surface area contributed by atoms with E-state index < -0.39 is 5.91 Å². The first-order valence-corrected chi connectivity index (χ1v) is 7.39. The molecule has 0 aliphatic carbocycles. The Balaban J connectivity index is 1.94. The summed E-state index contributed by atoms with van der Waals surface area (Å²) in [5.41, 5.74) is 0.793. The highest BCUT2D eigenvalue weighted by Gasteiger charge is 2.15. The van der Waals surface area contributed by atoms with Crippen LogP contribution in [0.25, 0.3) is 0 Å². The summed E-state index contributed by atoms with van der Waals surface area (Å²) in [7, 11) is 1.61. The number of ether oxygens (including phenoxy) is 1. The maximum absolute atomic E-state index is 11.8. The fourth-order valence-electron chi connectivity index (χ4n) is 1.74. The molecule has 1 aromatic heterocycles. The molecule has 1 aromatic carbocycles. The molecular formula is C14H15Cl2N3O3. The molecule has 2 rings (SSSR count). The highest BCUT2D eigenvalue weighted by atomic mass is 35.5. The molecule has 118 valence electrons. The Morgan fingerprint density at radius 3 is 2.91 bits per heavy atom. The summed E-state index contributed by atoms with van der Waals surface area (Å²) >= 11 is 11.9. The highest BCUT2D eigenvalue weighted by molar-refractivity contribution is 6.35. The first kappa shape index (κ1) is 16.7. The van der Waals surface area contributed by atoms with E-state index in [-0.39, 0.29) is 5.89 Å². The quantitative estimate of drug-likeness (QED) is 0.782. The highest BCUT2D eigenvalue weighted by Crippen LogP contribution is 2.23. The van der Waals surface area contributed by atoms with Crippen LogP contribution in [0.3, 0.4) is 0 Å². The Labute approximate surface area is 137 Å². The fraction of sp³-hybridized carbons (Fsp3) is 0.357. The Bertz CT molecular complexity index is 646. The predicted molar refractivity (Wildman–Crippen MR) is 82.4 cm³/mol. The minimum absolute atomic E-state index is 0.0718. The van der Waals surface area contributed by atoms with Gasteiger partial charge in [-0.2, -0.15) is 0 Å². The van der Waals surface area contributed by atoms with Gasteiger partial charge in [-0.15, -0.1) is 10.2 Å².